The second-order valence-corrected chi connectivity index (χ2v) is 6.61. The van der Waals surface area contributed by atoms with Crippen LogP contribution >= 0.6 is 11.6 Å². The maximum atomic E-state index is 12.2. The minimum atomic E-state index is -0.938. The molecule has 1 amide bonds. The number of amides is 1. The Morgan fingerprint density at radius 3 is 2.75 bits per heavy atom. The van der Waals surface area contributed by atoms with Crippen LogP contribution in [0.3, 0.4) is 0 Å². The molecule has 8 heteroatoms. The standard InChI is InChI=1S/C20H20ClNO6/c1-12(28-19(23)9-14-8-15(21)4-6-16(14)25-2)20(24)22-10-13-3-5-17-18(7-13)27-11-26-17/h3-8,12H,9-11H2,1-2H3,(H,22,24)/t12-/m0/s1. The zero-order chi connectivity index (χ0) is 20.1. The van der Waals surface area contributed by atoms with E-state index in [1.54, 1.807) is 30.3 Å². The molecule has 0 saturated carbocycles. The molecule has 0 fully saturated rings. The first-order chi connectivity index (χ1) is 13.5. The van der Waals surface area contributed by atoms with Crippen molar-refractivity contribution in [2.75, 3.05) is 13.9 Å². The molecular weight excluding hydrogens is 386 g/mol. The van der Waals surface area contributed by atoms with Gasteiger partial charge in [-0.15, -0.1) is 0 Å². The van der Waals surface area contributed by atoms with Crippen LogP contribution in [0.25, 0.3) is 0 Å². The Kier molecular flexibility index (Phi) is 6.26. The number of esters is 1. The van der Waals surface area contributed by atoms with Gasteiger partial charge in [-0.1, -0.05) is 17.7 Å². The number of benzene rings is 2. The van der Waals surface area contributed by atoms with Crippen molar-refractivity contribution in [2.24, 2.45) is 0 Å². The highest BCUT2D eigenvalue weighted by atomic mass is 35.5. The molecule has 1 aliphatic rings. The number of fused-ring (bicyclic) bond motifs is 1. The van der Waals surface area contributed by atoms with E-state index in [1.165, 1.54) is 14.0 Å². The summed E-state index contributed by atoms with van der Waals surface area (Å²) in [6.45, 7) is 1.98. The molecule has 1 N–H and O–H groups in total. The van der Waals surface area contributed by atoms with Gasteiger partial charge < -0.3 is 24.3 Å². The molecule has 0 radical (unpaired) electrons. The summed E-state index contributed by atoms with van der Waals surface area (Å²) >= 11 is 5.96. The average molecular weight is 406 g/mol. The van der Waals surface area contributed by atoms with Gasteiger partial charge in [-0.2, -0.15) is 0 Å². The quantitative estimate of drug-likeness (QED) is 0.713. The molecule has 148 valence electrons. The molecule has 1 heterocycles. The lowest BCUT2D eigenvalue weighted by Gasteiger charge is -2.14. The van der Waals surface area contributed by atoms with Crippen LogP contribution in [0.4, 0.5) is 0 Å². The third-order valence-electron chi connectivity index (χ3n) is 4.16. The second-order valence-electron chi connectivity index (χ2n) is 6.17. The lowest BCUT2D eigenvalue weighted by Crippen LogP contribution is -2.35. The molecule has 0 spiro atoms. The zero-order valence-corrected chi connectivity index (χ0v) is 16.2. The summed E-state index contributed by atoms with van der Waals surface area (Å²) < 4.78 is 21.0. The molecule has 28 heavy (non-hydrogen) atoms. The molecule has 2 aromatic carbocycles. The number of carbonyl (C=O) groups excluding carboxylic acids is 2. The fraction of sp³-hybridized carbons (Fsp3) is 0.300. The van der Waals surface area contributed by atoms with Gasteiger partial charge in [0.25, 0.3) is 5.91 Å². The van der Waals surface area contributed by atoms with Crippen molar-refractivity contribution in [3.8, 4) is 17.2 Å². The number of ether oxygens (including phenoxy) is 4. The summed E-state index contributed by atoms with van der Waals surface area (Å²) in [7, 11) is 1.50. The van der Waals surface area contributed by atoms with Crippen molar-refractivity contribution in [3.63, 3.8) is 0 Å². The summed E-state index contributed by atoms with van der Waals surface area (Å²) in [5.74, 6) is 0.896. The van der Waals surface area contributed by atoms with E-state index in [-0.39, 0.29) is 19.8 Å². The monoisotopic (exact) mass is 405 g/mol. The number of nitrogens with one attached hydrogen (secondary N) is 1. The van der Waals surface area contributed by atoms with Gasteiger partial charge in [0.05, 0.1) is 13.5 Å². The molecular formula is C20H20ClNO6. The highest BCUT2D eigenvalue weighted by Gasteiger charge is 2.20. The average Bonchev–Trinajstić information content (AvgIpc) is 3.14. The largest absolute Gasteiger partial charge is 0.496 e. The maximum Gasteiger partial charge on any atom is 0.311 e. The minimum absolute atomic E-state index is 0.0521. The molecule has 0 aromatic heterocycles. The number of rotatable bonds is 7. The van der Waals surface area contributed by atoms with E-state index in [4.69, 9.17) is 30.5 Å². The highest BCUT2D eigenvalue weighted by Crippen LogP contribution is 2.32. The molecule has 0 bridgehead atoms. The topological polar surface area (TPSA) is 83.1 Å². The summed E-state index contributed by atoms with van der Waals surface area (Å²) in [4.78, 5) is 24.4. The first kappa shape index (κ1) is 19.8. The fourth-order valence-electron chi connectivity index (χ4n) is 2.72. The van der Waals surface area contributed by atoms with Gasteiger partial charge in [-0.25, -0.2) is 0 Å². The van der Waals surface area contributed by atoms with Crippen LogP contribution in [0.1, 0.15) is 18.1 Å². The van der Waals surface area contributed by atoms with Crippen molar-refractivity contribution in [1.82, 2.24) is 5.32 Å². The summed E-state index contributed by atoms with van der Waals surface area (Å²) in [5, 5.41) is 3.22. The third kappa shape index (κ3) is 4.86. The predicted octanol–water partition coefficient (Wildman–Crippen LogP) is 2.87. The van der Waals surface area contributed by atoms with Gasteiger partial charge in [-0.3, -0.25) is 9.59 Å². The molecule has 3 rings (SSSR count). The first-order valence-electron chi connectivity index (χ1n) is 8.64. The van der Waals surface area contributed by atoms with Gasteiger partial charge in [0.15, 0.2) is 17.6 Å². The predicted molar refractivity (Wildman–Crippen MR) is 102 cm³/mol. The van der Waals surface area contributed by atoms with Crippen molar-refractivity contribution in [2.45, 2.75) is 26.0 Å². The summed E-state index contributed by atoms with van der Waals surface area (Å²) in [6, 6.07) is 10.4. The van der Waals surface area contributed by atoms with Crippen LogP contribution < -0.4 is 19.5 Å². The molecule has 2 aromatic rings. The smallest absolute Gasteiger partial charge is 0.311 e. The van der Waals surface area contributed by atoms with Crippen LogP contribution in [-0.2, 0) is 27.3 Å². The SMILES string of the molecule is COc1ccc(Cl)cc1CC(=O)O[C@@H](C)C(=O)NCc1ccc2c(c1)OCO2. The first-order valence-corrected chi connectivity index (χ1v) is 9.02. The maximum absolute atomic E-state index is 12.2. The van der Waals surface area contributed by atoms with Crippen molar-refractivity contribution < 1.29 is 28.5 Å². The Hall–Kier alpha value is -2.93. The van der Waals surface area contributed by atoms with Crippen LogP contribution in [0.5, 0.6) is 17.2 Å². The van der Waals surface area contributed by atoms with Crippen molar-refractivity contribution in [1.29, 1.82) is 0 Å². The van der Waals surface area contributed by atoms with E-state index < -0.39 is 18.0 Å². The summed E-state index contributed by atoms with van der Waals surface area (Å²) in [5.41, 5.74) is 1.44. The van der Waals surface area contributed by atoms with Crippen LogP contribution in [0.15, 0.2) is 36.4 Å². The molecule has 1 atom stereocenters. The lowest BCUT2D eigenvalue weighted by atomic mass is 10.1. The summed E-state index contributed by atoms with van der Waals surface area (Å²) in [6.07, 6.45) is -0.990. The Balaban J connectivity index is 1.51. The van der Waals surface area contributed by atoms with E-state index in [2.05, 4.69) is 5.32 Å². The van der Waals surface area contributed by atoms with Crippen LogP contribution in [0, 0.1) is 0 Å². The second kappa shape index (κ2) is 8.84. The zero-order valence-electron chi connectivity index (χ0n) is 15.5. The van der Waals surface area contributed by atoms with Gasteiger partial charge in [0.2, 0.25) is 6.79 Å². The van der Waals surface area contributed by atoms with Crippen molar-refractivity contribution in [3.05, 3.63) is 52.5 Å². The van der Waals surface area contributed by atoms with Crippen LogP contribution in [0.2, 0.25) is 5.02 Å². The van der Waals surface area contributed by atoms with Gasteiger partial charge in [-0.05, 0) is 42.8 Å². The lowest BCUT2D eigenvalue weighted by molar-refractivity contribution is -0.154. The molecule has 0 aliphatic carbocycles. The number of hydrogen-bond acceptors (Lipinski definition) is 6. The van der Waals surface area contributed by atoms with E-state index >= 15 is 0 Å². The Bertz CT molecular complexity index is 885. The van der Waals surface area contributed by atoms with Gasteiger partial charge in [0, 0.05) is 17.1 Å². The minimum Gasteiger partial charge on any atom is -0.496 e. The molecule has 7 nitrogen and oxygen atoms in total. The molecule has 0 unspecified atom stereocenters. The Labute approximate surface area is 167 Å². The number of carbonyl (C=O) groups is 2. The number of hydrogen-bond donors (Lipinski definition) is 1. The third-order valence-corrected chi connectivity index (χ3v) is 4.39. The Morgan fingerprint density at radius 1 is 1.18 bits per heavy atom. The van der Waals surface area contributed by atoms with Crippen LogP contribution in [-0.4, -0.2) is 31.9 Å². The van der Waals surface area contributed by atoms with E-state index in [0.717, 1.165) is 5.56 Å². The van der Waals surface area contributed by atoms with E-state index in [9.17, 15) is 9.59 Å². The van der Waals surface area contributed by atoms with E-state index in [0.29, 0.717) is 27.8 Å². The van der Waals surface area contributed by atoms with Gasteiger partial charge >= 0.3 is 5.97 Å². The molecule has 1 aliphatic heterocycles. The normalized spacial score (nSPS) is 13.0. The molecule has 0 saturated heterocycles. The fourth-order valence-corrected chi connectivity index (χ4v) is 2.91. The van der Waals surface area contributed by atoms with Gasteiger partial charge in [0.1, 0.15) is 5.75 Å². The Morgan fingerprint density at radius 2 is 1.96 bits per heavy atom. The number of halogens is 1. The highest BCUT2D eigenvalue weighted by molar-refractivity contribution is 6.30. The number of methoxy groups -OCH3 is 1. The van der Waals surface area contributed by atoms with E-state index in [1.807, 2.05) is 6.07 Å². The van der Waals surface area contributed by atoms with Crippen molar-refractivity contribution >= 4 is 23.5 Å².